The molecule has 3 aromatic rings. The first-order valence-electron chi connectivity index (χ1n) is 5.69. The van der Waals surface area contributed by atoms with Crippen molar-refractivity contribution in [3.63, 3.8) is 0 Å². The molecule has 0 saturated heterocycles. The molecular weight excluding hydrogens is 362 g/mol. The number of nitrogens with zero attached hydrogens (tertiary/aromatic N) is 1. The lowest BCUT2D eigenvalue weighted by Crippen LogP contribution is -2.12. The van der Waals surface area contributed by atoms with Gasteiger partial charge in [-0.25, -0.2) is 18.1 Å². The summed E-state index contributed by atoms with van der Waals surface area (Å²) < 4.78 is 28.0. The Morgan fingerprint density at radius 3 is 2.75 bits per heavy atom. The van der Waals surface area contributed by atoms with Gasteiger partial charge in [0.2, 0.25) is 5.95 Å². The lowest BCUT2D eigenvalue weighted by Gasteiger charge is -2.01. The normalized spacial score (nSPS) is 11.9. The molecule has 0 aliphatic heterocycles. The number of aromatic nitrogens is 2. The molecule has 0 saturated carbocycles. The van der Waals surface area contributed by atoms with E-state index in [-0.39, 0.29) is 10.2 Å². The van der Waals surface area contributed by atoms with Crippen molar-refractivity contribution in [3.8, 4) is 0 Å². The van der Waals surface area contributed by atoms with Crippen LogP contribution in [0, 0.1) is 6.92 Å². The predicted octanol–water partition coefficient (Wildman–Crippen LogP) is 3.50. The molecule has 0 spiro atoms. The number of para-hydroxylation sites is 2. The van der Waals surface area contributed by atoms with Crippen LogP contribution in [0.5, 0.6) is 0 Å². The Morgan fingerprint density at radius 1 is 1.35 bits per heavy atom. The van der Waals surface area contributed by atoms with Crippen LogP contribution in [0.4, 0.5) is 5.95 Å². The Labute approximate surface area is 128 Å². The zero-order valence-corrected chi connectivity index (χ0v) is 13.6. The molecule has 0 aliphatic carbocycles. The van der Waals surface area contributed by atoms with Gasteiger partial charge in [0.15, 0.2) is 0 Å². The number of anilines is 1. The van der Waals surface area contributed by atoms with Crippen molar-refractivity contribution in [3.05, 3.63) is 39.7 Å². The quantitative estimate of drug-likeness (QED) is 0.739. The SMILES string of the molecule is Cc1cc(S(=O)(=O)Nc2nc3ccccc3[nH]2)sc1Br. The molecule has 0 aliphatic rings. The summed E-state index contributed by atoms with van der Waals surface area (Å²) in [6.07, 6.45) is 0. The fourth-order valence-corrected chi connectivity index (χ4v) is 4.93. The van der Waals surface area contributed by atoms with Crippen molar-refractivity contribution in [1.29, 1.82) is 0 Å². The second kappa shape index (κ2) is 4.87. The summed E-state index contributed by atoms with van der Waals surface area (Å²) in [4.78, 5) is 7.13. The maximum Gasteiger partial charge on any atom is 0.273 e. The van der Waals surface area contributed by atoms with E-state index >= 15 is 0 Å². The first kappa shape index (κ1) is 13.6. The topological polar surface area (TPSA) is 74.8 Å². The molecule has 20 heavy (non-hydrogen) atoms. The number of fused-ring (bicyclic) bond motifs is 1. The molecule has 1 aromatic carbocycles. The minimum absolute atomic E-state index is 0.216. The Kier molecular flexibility index (Phi) is 3.31. The molecule has 2 heterocycles. The number of imidazole rings is 1. The maximum absolute atomic E-state index is 12.3. The minimum Gasteiger partial charge on any atom is -0.323 e. The maximum atomic E-state index is 12.3. The Hall–Kier alpha value is -1.38. The van der Waals surface area contributed by atoms with Gasteiger partial charge in [-0.15, -0.1) is 11.3 Å². The van der Waals surface area contributed by atoms with E-state index in [0.29, 0.717) is 5.52 Å². The zero-order chi connectivity index (χ0) is 14.3. The molecule has 0 radical (unpaired) electrons. The van der Waals surface area contributed by atoms with E-state index in [1.807, 2.05) is 31.2 Å². The summed E-state index contributed by atoms with van der Waals surface area (Å²) >= 11 is 4.50. The van der Waals surface area contributed by atoms with Crippen molar-refractivity contribution >= 4 is 54.3 Å². The van der Waals surface area contributed by atoms with Gasteiger partial charge < -0.3 is 4.98 Å². The number of halogens is 1. The van der Waals surface area contributed by atoms with Gasteiger partial charge in [-0.3, -0.25) is 0 Å². The van der Waals surface area contributed by atoms with E-state index in [0.717, 1.165) is 14.9 Å². The number of hydrogen-bond acceptors (Lipinski definition) is 4. The summed E-state index contributed by atoms with van der Waals surface area (Å²) in [6, 6.07) is 8.99. The molecule has 3 rings (SSSR count). The number of benzene rings is 1. The monoisotopic (exact) mass is 371 g/mol. The first-order valence-corrected chi connectivity index (χ1v) is 8.78. The Bertz CT molecular complexity index is 831. The molecule has 0 bridgehead atoms. The highest BCUT2D eigenvalue weighted by molar-refractivity contribution is 9.11. The number of sulfonamides is 1. The van der Waals surface area contributed by atoms with Crippen LogP contribution in [0.1, 0.15) is 5.56 Å². The minimum atomic E-state index is -3.62. The number of H-pyrrole nitrogens is 1. The van der Waals surface area contributed by atoms with Crippen LogP contribution in [0.3, 0.4) is 0 Å². The number of aryl methyl sites for hydroxylation is 1. The third kappa shape index (κ3) is 2.46. The molecule has 8 heteroatoms. The van der Waals surface area contributed by atoms with Crippen LogP contribution in [0.25, 0.3) is 11.0 Å². The second-order valence-corrected chi connectivity index (χ2v) is 8.51. The summed E-state index contributed by atoms with van der Waals surface area (Å²) in [6.45, 7) is 1.85. The van der Waals surface area contributed by atoms with Crippen LogP contribution in [-0.2, 0) is 10.0 Å². The average Bonchev–Trinajstić information content (AvgIpc) is 2.93. The van der Waals surface area contributed by atoms with E-state index in [1.165, 1.54) is 11.3 Å². The summed E-state index contributed by atoms with van der Waals surface area (Å²) in [5.74, 6) is 0.216. The number of nitrogens with one attached hydrogen (secondary N) is 2. The molecule has 0 amide bonds. The molecule has 0 fully saturated rings. The first-order chi connectivity index (χ1) is 9.45. The number of thiophene rings is 1. The van der Waals surface area contributed by atoms with Crippen LogP contribution in [0.2, 0.25) is 0 Å². The van der Waals surface area contributed by atoms with Gasteiger partial charge in [0.25, 0.3) is 10.0 Å². The van der Waals surface area contributed by atoms with Crippen molar-refractivity contribution in [2.24, 2.45) is 0 Å². The van der Waals surface area contributed by atoms with Gasteiger partial charge in [-0.2, -0.15) is 0 Å². The van der Waals surface area contributed by atoms with Crippen molar-refractivity contribution in [2.75, 3.05) is 4.72 Å². The zero-order valence-electron chi connectivity index (χ0n) is 10.3. The second-order valence-electron chi connectivity index (χ2n) is 4.23. The average molecular weight is 372 g/mol. The van der Waals surface area contributed by atoms with Gasteiger partial charge in [0.1, 0.15) is 4.21 Å². The summed E-state index contributed by atoms with van der Waals surface area (Å²) in [5, 5.41) is 0. The van der Waals surface area contributed by atoms with Gasteiger partial charge in [-0.1, -0.05) is 12.1 Å². The third-order valence-electron chi connectivity index (χ3n) is 2.72. The fraction of sp³-hybridized carbons (Fsp3) is 0.0833. The molecule has 2 N–H and O–H groups in total. The van der Waals surface area contributed by atoms with Gasteiger partial charge in [-0.05, 0) is 46.6 Å². The van der Waals surface area contributed by atoms with Crippen molar-refractivity contribution in [2.45, 2.75) is 11.1 Å². The third-order valence-corrected chi connectivity index (χ3v) is 6.67. The van der Waals surface area contributed by atoms with E-state index in [9.17, 15) is 8.42 Å². The van der Waals surface area contributed by atoms with Crippen LogP contribution in [0.15, 0.2) is 38.3 Å². The van der Waals surface area contributed by atoms with E-state index in [2.05, 4.69) is 30.6 Å². The number of rotatable bonds is 3. The Morgan fingerprint density at radius 2 is 2.10 bits per heavy atom. The number of aromatic amines is 1. The van der Waals surface area contributed by atoms with Crippen LogP contribution >= 0.6 is 27.3 Å². The van der Waals surface area contributed by atoms with Crippen LogP contribution in [-0.4, -0.2) is 18.4 Å². The predicted molar refractivity (Wildman–Crippen MR) is 83.7 cm³/mol. The molecule has 5 nitrogen and oxygen atoms in total. The standard InChI is InChI=1S/C12H10BrN3O2S2/c1-7-6-10(19-11(7)13)20(17,18)16-12-14-8-4-2-3-5-9(8)15-12/h2-6H,1H3,(H2,14,15,16). The van der Waals surface area contributed by atoms with E-state index in [4.69, 9.17) is 0 Å². The Balaban J connectivity index is 1.96. The molecule has 104 valence electrons. The highest BCUT2D eigenvalue weighted by atomic mass is 79.9. The fourth-order valence-electron chi connectivity index (χ4n) is 1.74. The van der Waals surface area contributed by atoms with Gasteiger partial charge >= 0.3 is 0 Å². The van der Waals surface area contributed by atoms with Crippen molar-refractivity contribution in [1.82, 2.24) is 9.97 Å². The van der Waals surface area contributed by atoms with Crippen LogP contribution < -0.4 is 4.72 Å². The lowest BCUT2D eigenvalue weighted by atomic mass is 10.3. The summed E-state index contributed by atoms with van der Waals surface area (Å²) in [7, 11) is -3.62. The largest absolute Gasteiger partial charge is 0.323 e. The van der Waals surface area contributed by atoms with Gasteiger partial charge in [0.05, 0.1) is 14.8 Å². The van der Waals surface area contributed by atoms with E-state index < -0.39 is 10.0 Å². The smallest absolute Gasteiger partial charge is 0.273 e. The molecule has 2 aromatic heterocycles. The highest BCUT2D eigenvalue weighted by Gasteiger charge is 2.19. The van der Waals surface area contributed by atoms with Crippen molar-refractivity contribution < 1.29 is 8.42 Å². The highest BCUT2D eigenvalue weighted by Crippen LogP contribution is 2.31. The lowest BCUT2D eigenvalue weighted by molar-refractivity contribution is 0.603. The molecule has 0 atom stereocenters. The number of hydrogen-bond donors (Lipinski definition) is 2. The van der Waals surface area contributed by atoms with E-state index in [1.54, 1.807) is 6.07 Å². The molecular formula is C12H10BrN3O2S2. The molecule has 0 unspecified atom stereocenters. The summed E-state index contributed by atoms with van der Waals surface area (Å²) in [5.41, 5.74) is 2.39. The van der Waals surface area contributed by atoms with Gasteiger partial charge in [0, 0.05) is 0 Å².